The molecule has 0 amide bonds. The second-order valence-electron chi connectivity index (χ2n) is 4.83. The van der Waals surface area contributed by atoms with Crippen molar-refractivity contribution in [2.75, 3.05) is 30.3 Å². The summed E-state index contributed by atoms with van der Waals surface area (Å²) in [4.78, 5) is 0. The largest absolute Gasteiger partial charge is 0.313 e. The monoisotopic (exact) mass is 312 g/mol. The molecular weight excluding hydrogens is 288 g/mol. The van der Waals surface area contributed by atoms with E-state index in [4.69, 9.17) is 0 Å². The summed E-state index contributed by atoms with van der Waals surface area (Å²) in [5.74, 6) is 3.36. The minimum absolute atomic E-state index is 0.313. The van der Waals surface area contributed by atoms with Crippen molar-refractivity contribution in [2.24, 2.45) is 0 Å². The van der Waals surface area contributed by atoms with Crippen LogP contribution in [-0.2, 0) is 10.0 Å². The summed E-state index contributed by atoms with van der Waals surface area (Å²) in [6, 6.07) is 0.313. The molecule has 0 aliphatic carbocycles. The Labute approximate surface area is 119 Å². The third-order valence-electron chi connectivity index (χ3n) is 2.74. The SMILES string of the molecule is CC(C)NCC(C)S(=O)(=O)NCC1CSCCS1. The molecule has 0 saturated carbocycles. The summed E-state index contributed by atoms with van der Waals surface area (Å²) in [5.41, 5.74) is 0. The molecule has 2 unspecified atom stereocenters. The van der Waals surface area contributed by atoms with E-state index in [1.807, 2.05) is 37.4 Å². The van der Waals surface area contributed by atoms with Gasteiger partial charge in [0.05, 0.1) is 5.25 Å². The average molecular weight is 313 g/mol. The van der Waals surface area contributed by atoms with Crippen LogP contribution >= 0.6 is 23.5 Å². The van der Waals surface area contributed by atoms with Crippen LogP contribution in [0.5, 0.6) is 0 Å². The van der Waals surface area contributed by atoms with Gasteiger partial charge >= 0.3 is 0 Å². The first kappa shape index (κ1) is 16.6. The van der Waals surface area contributed by atoms with Crippen molar-refractivity contribution >= 4 is 33.5 Å². The smallest absolute Gasteiger partial charge is 0.215 e. The molecule has 0 bridgehead atoms. The van der Waals surface area contributed by atoms with Gasteiger partial charge in [0.15, 0.2) is 0 Å². The molecule has 1 aliphatic heterocycles. The molecule has 18 heavy (non-hydrogen) atoms. The van der Waals surface area contributed by atoms with E-state index in [1.165, 1.54) is 5.75 Å². The first-order valence-electron chi connectivity index (χ1n) is 6.33. The summed E-state index contributed by atoms with van der Waals surface area (Å²) in [5, 5.41) is 3.19. The Balaban J connectivity index is 2.33. The number of hydrogen-bond donors (Lipinski definition) is 2. The van der Waals surface area contributed by atoms with Crippen LogP contribution in [0.3, 0.4) is 0 Å². The Morgan fingerprint density at radius 1 is 1.28 bits per heavy atom. The minimum Gasteiger partial charge on any atom is -0.313 e. The Hall–Kier alpha value is 0.570. The molecule has 7 heteroatoms. The highest BCUT2D eigenvalue weighted by Gasteiger charge is 2.23. The van der Waals surface area contributed by atoms with Gasteiger partial charge < -0.3 is 5.32 Å². The van der Waals surface area contributed by atoms with Crippen molar-refractivity contribution in [1.82, 2.24) is 10.0 Å². The van der Waals surface area contributed by atoms with Gasteiger partial charge in [-0.1, -0.05) is 13.8 Å². The highest BCUT2D eigenvalue weighted by atomic mass is 32.2. The van der Waals surface area contributed by atoms with Crippen molar-refractivity contribution < 1.29 is 8.42 Å². The maximum Gasteiger partial charge on any atom is 0.215 e. The number of nitrogens with one attached hydrogen (secondary N) is 2. The van der Waals surface area contributed by atoms with Crippen LogP contribution in [0.25, 0.3) is 0 Å². The van der Waals surface area contributed by atoms with Gasteiger partial charge in [-0.15, -0.1) is 0 Å². The second-order valence-corrected chi connectivity index (χ2v) is 9.58. The van der Waals surface area contributed by atoms with E-state index in [-0.39, 0.29) is 5.25 Å². The maximum absolute atomic E-state index is 12.0. The lowest BCUT2D eigenvalue weighted by atomic mass is 10.3. The summed E-state index contributed by atoms with van der Waals surface area (Å²) in [6.07, 6.45) is 0. The van der Waals surface area contributed by atoms with Gasteiger partial charge in [0.2, 0.25) is 10.0 Å². The molecule has 0 radical (unpaired) electrons. The third-order valence-corrected chi connectivity index (χ3v) is 7.38. The summed E-state index contributed by atoms with van der Waals surface area (Å²) in [6.45, 7) is 6.84. The van der Waals surface area contributed by atoms with E-state index >= 15 is 0 Å². The zero-order valence-corrected chi connectivity index (χ0v) is 13.8. The Morgan fingerprint density at radius 2 is 2.00 bits per heavy atom. The molecule has 4 nitrogen and oxygen atoms in total. The fourth-order valence-electron chi connectivity index (χ4n) is 1.52. The molecule has 0 aromatic rings. The van der Waals surface area contributed by atoms with Crippen LogP contribution in [0.4, 0.5) is 0 Å². The summed E-state index contributed by atoms with van der Waals surface area (Å²) < 4.78 is 26.8. The first-order valence-corrected chi connectivity index (χ1v) is 10.1. The molecule has 1 saturated heterocycles. The fraction of sp³-hybridized carbons (Fsp3) is 1.00. The Morgan fingerprint density at radius 3 is 2.56 bits per heavy atom. The molecule has 0 spiro atoms. The van der Waals surface area contributed by atoms with Gasteiger partial charge in [-0.3, -0.25) is 0 Å². The molecule has 2 N–H and O–H groups in total. The number of sulfonamides is 1. The molecule has 1 heterocycles. The van der Waals surface area contributed by atoms with Crippen LogP contribution < -0.4 is 10.0 Å². The molecule has 0 aromatic heterocycles. The van der Waals surface area contributed by atoms with E-state index in [0.717, 1.165) is 11.5 Å². The second kappa shape index (κ2) is 7.99. The lowest BCUT2D eigenvalue weighted by molar-refractivity contribution is 0.541. The van der Waals surface area contributed by atoms with Crippen molar-refractivity contribution in [1.29, 1.82) is 0 Å². The van der Waals surface area contributed by atoms with E-state index in [2.05, 4.69) is 10.0 Å². The topological polar surface area (TPSA) is 58.2 Å². The van der Waals surface area contributed by atoms with Crippen molar-refractivity contribution in [3.63, 3.8) is 0 Å². The average Bonchev–Trinajstić information content (AvgIpc) is 2.34. The number of rotatable bonds is 7. The Bertz CT molecular complexity index is 327. The lowest BCUT2D eigenvalue weighted by Gasteiger charge is -2.22. The van der Waals surface area contributed by atoms with Crippen LogP contribution in [-0.4, -0.2) is 55.3 Å². The first-order chi connectivity index (χ1) is 8.42. The van der Waals surface area contributed by atoms with Crippen LogP contribution in [0.15, 0.2) is 0 Å². The molecule has 1 rings (SSSR count). The van der Waals surface area contributed by atoms with Gasteiger partial charge in [0.25, 0.3) is 0 Å². The minimum atomic E-state index is -3.19. The zero-order chi connectivity index (χ0) is 13.6. The molecule has 1 aliphatic rings. The molecule has 1 fully saturated rings. The lowest BCUT2D eigenvalue weighted by Crippen LogP contribution is -2.43. The molecule has 2 atom stereocenters. The summed E-state index contributed by atoms with van der Waals surface area (Å²) >= 11 is 3.78. The van der Waals surface area contributed by atoms with Crippen molar-refractivity contribution in [3.8, 4) is 0 Å². The molecule has 108 valence electrons. The van der Waals surface area contributed by atoms with E-state index in [0.29, 0.717) is 24.4 Å². The van der Waals surface area contributed by atoms with Gasteiger partial charge in [-0.25, -0.2) is 13.1 Å². The van der Waals surface area contributed by atoms with E-state index in [1.54, 1.807) is 6.92 Å². The van der Waals surface area contributed by atoms with Gasteiger partial charge in [0.1, 0.15) is 0 Å². The number of thioether (sulfide) groups is 2. The third kappa shape index (κ3) is 6.14. The van der Waals surface area contributed by atoms with Crippen molar-refractivity contribution in [3.05, 3.63) is 0 Å². The highest BCUT2D eigenvalue weighted by Crippen LogP contribution is 2.23. The highest BCUT2D eigenvalue weighted by molar-refractivity contribution is 8.06. The molecule has 0 aromatic carbocycles. The Kier molecular flexibility index (Phi) is 7.38. The maximum atomic E-state index is 12.0. The normalized spacial score (nSPS) is 23.2. The number of hydrogen-bond acceptors (Lipinski definition) is 5. The fourth-order valence-corrected chi connectivity index (χ4v) is 5.27. The standard InChI is InChI=1S/C11H24N2O2S3/c1-9(2)12-6-10(3)18(14,15)13-7-11-8-16-4-5-17-11/h9-13H,4-8H2,1-3H3. The predicted octanol–water partition coefficient (Wildman–Crippen LogP) is 1.14. The van der Waals surface area contributed by atoms with Gasteiger partial charge in [0, 0.05) is 41.6 Å². The molecular formula is C11H24N2O2S3. The van der Waals surface area contributed by atoms with Crippen molar-refractivity contribution in [2.45, 2.75) is 37.3 Å². The zero-order valence-electron chi connectivity index (χ0n) is 11.3. The van der Waals surface area contributed by atoms with Crippen LogP contribution in [0.2, 0.25) is 0 Å². The van der Waals surface area contributed by atoms with Gasteiger partial charge in [-0.2, -0.15) is 23.5 Å². The predicted molar refractivity (Wildman–Crippen MR) is 83.1 cm³/mol. The van der Waals surface area contributed by atoms with E-state index < -0.39 is 10.0 Å². The quantitative estimate of drug-likeness (QED) is 0.738. The van der Waals surface area contributed by atoms with Gasteiger partial charge in [-0.05, 0) is 6.92 Å². The van der Waals surface area contributed by atoms with Crippen LogP contribution in [0.1, 0.15) is 20.8 Å². The van der Waals surface area contributed by atoms with Crippen LogP contribution in [0, 0.1) is 0 Å². The van der Waals surface area contributed by atoms with E-state index in [9.17, 15) is 8.42 Å². The summed E-state index contributed by atoms with van der Waals surface area (Å²) in [7, 11) is -3.19.